The van der Waals surface area contributed by atoms with Gasteiger partial charge in [0.1, 0.15) is 34.9 Å². The summed E-state index contributed by atoms with van der Waals surface area (Å²) in [6.07, 6.45) is 16.7. The molecule has 0 amide bonds. The SMILES string of the molecule is CCCCC1CCC(CCC2CCc3c(cc(F)c(C4CCC(c5cc(F)c(C#N)c(F)c5)CC4)c3F)C2)CC1. The van der Waals surface area contributed by atoms with Gasteiger partial charge in [0.25, 0.3) is 0 Å². The smallest absolute Gasteiger partial charge is 0.144 e. The molecule has 0 N–H and O–H groups in total. The fourth-order valence-electron chi connectivity index (χ4n) is 7.98. The van der Waals surface area contributed by atoms with Crippen LogP contribution in [0.25, 0.3) is 0 Å². The number of nitrogens with zero attached hydrogens (tertiary/aromatic N) is 1. The molecular weight excluding hydrogens is 510 g/mol. The third kappa shape index (κ3) is 6.42. The molecule has 1 unspecified atom stereocenters. The van der Waals surface area contributed by atoms with Gasteiger partial charge in [-0.3, -0.25) is 0 Å². The number of hydrogen-bond donors (Lipinski definition) is 0. The van der Waals surface area contributed by atoms with E-state index in [4.69, 9.17) is 5.26 Å². The van der Waals surface area contributed by atoms with Gasteiger partial charge in [-0.1, -0.05) is 58.3 Å². The summed E-state index contributed by atoms with van der Waals surface area (Å²) >= 11 is 0. The lowest BCUT2D eigenvalue weighted by molar-refractivity contribution is 0.234. The lowest BCUT2D eigenvalue weighted by atomic mass is 9.73. The lowest BCUT2D eigenvalue weighted by Crippen LogP contribution is -2.21. The Kier molecular flexibility index (Phi) is 9.54. The molecule has 5 heteroatoms. The normalized spacial score (nSPS) is 26.8. The van der Waals surface area contributed by atoms with Crippen LogP contribution < -0.4 is 0 Å². The van der Waals surface area contributed by atoms with Gasteiger partial charge in [-0.25, -0.2) is 17.6 Å². The Bertz CT molecular complexity index is 1190. The number of hydrogen-bond acceptors (Lipinski definition) is 1. The molecule has 0 heterocycles. The Morgan fingerprint density at radius 3 is 1.95 bits per heavy atom. The first-order valence-electron chi connectivity index (χ1n) is 15.8. The topological polar surface area (TPSA) is 23.8 Å². The lowest BCUT2D eigenvalue weighted by Gasteiger charge is -2.32. The largest absolute Gasteiger partial charge is 0.207 e. The minimum Gasteiger partial charge on any atom is -0.207 e. The highest BCUT2D eigenvalue weighted by Gasteiger charge is 2.32. The van der Waals surface area contributed by atoms with Crippen LogP contribution in [0.5, 0.6) is 0 Å². The minimum atomic E-state index is -0.848. The zero-order valence-electron chi connectivity index (χ0n) is 23.9. The van der Waals surface area contributed by atoms with Gasteiger partial charge in [-0.05, 0) is 116 Å². The molecule has 0 radical (unpaired) electrons. The summed E-state index contributed by atoms with van der Waals surface area (Å²) < 4.78 is 59.4. The van der Waals surface area contributed by atoms with Crippen LogP contribution in [-0.4, -0.2) is 0 Å². The Labute approximate surface area is 237 Å². The van der Waals surface area contributed by atoms with E-state index < -0.39 is 23.0 Å². The molecule has 5 rings (SSSR count). The minimum absolute atomic E-state index is 0.0797. The van der Waals surface area contributed by atoms with Crippen molar-refractivity contribution >= 4 is 0 Å². The molecule has 2 aromatic carbocycles. The summed E-state index contributed by atoms with van der Waals surface area (Å²) in [7, 11) is 0. The molecule has 2 saturated carbocycles. The summed E-state index contributed by atoms with van der Waals surface area (Å²) in [6.45, 7) is 2.27. The summed E-state index contributed by atoms with van der Waals surface area (Å²) in [6, 6.07) is 5.64. The van der Waals surface area contributed by atoms with E-state index in [2.05, 4.69) is 6.92 Å². The van der Waals surface area contributed by atoms with Crippen molar-refractivity contribution in [2.45, 2.75) is 121 Å². The van der Waals surface area contributed by atoms with E-state index in [1.54, 1.807) is 12.1 Å². The first-order chi connectivity index (χ1) is 19.4. The van der Waals surface area contributed by atoms with Crippen molar-refractivity contribution in [1.82, 2.24) is 0 Å². The molecular formula is C35H43F4N. The Morgan fingerprint density at radius 1 is 0.725 bits per heavy atom. The first kappa shape index (κ1) is 29.2. The van der Waals surface area contributed by atoms with E-state index >= 15 is 8.78 Å². The Hall–Kier alpha value is -2.35. The monoisotopic (exact) mass is 553 g/mol. The van der Waals surface area contributed by atoms with Crippen LogP contribution in [-0.2, 0) is 12.8 Å². The quantitative estimate of drug-likeness (QED) is 0.298. The second-order valence-electron chi connectivity index (χ2n) is 13.0. The maximum Gasteiger partial charge on any atom is 0.144 e. The second kappa shape index (κ2) is 13.1. The van der Waals surface area contributed by atoms with Gasteiger partial charge in [0.15, 0.2) is 0 Å². The van der Waals surface area contributed by atoms with E-state index in [-0.39, 0.29) is 23.2 Å². The zero-order valence-corrected chi connectivity index (χ0v) is 23.9. The number of benzene rings is 2. The average Bonchev–Trinajstić information content (AvgIpc) is 2.95. The van der Waals surface area contributed by atoms with Crippen LogP contribution >= 0.6 is 0 Å². The summed E-state index contributed by atoms with van der Waals surface area (Å²) in [5, 5.41) is 8.92. The van der Waals surface area contributed by atoms with E-state index in [1.165, 1.54) is 63.5 Å². The van der Waals surface area contributed by atoms with Gasteiger partial charge < -0.3 is 0 Å². The van der Waals surface area contributed by atoms with Gasteiger partial charge in [0, 0.05) is 5.56 Å². The molecule has 0 bridgehead atoms. The first-order valence-corrected chi connectivity index (χ1v) is 15.8. The summed E-state index contributed by atoms with van der Waals surface area (Å²) in [4.78, 5) is 0. The van der Waals surface area contributed by atoms with E-state index in [0.29, 0.717) is 49.1 Å². The van der Waals surface area contributed by atoms with Crippen molar-refractivity contribution in [3.63, 3.8) is 0 Å². The summed E-state index contributed by atoms with van der Waals surface area (Å²) in [5.41, 5.74) is 1.74. The molecule has 3 aliphatic rings. The highest BCUT2D eigenvalue weighted by Crippen LogP contribution is 2.44. The molecule has 2 fully saturated rings. The molecule has 0 aliphatic heterocycles. The van der Waals surface area contributed by atoms with E-state index in [9.17, 15) is 8.78 Å². The van der Waals surface area contributed by atoms with Crippen molar-refractivity contribution in [1.29, 1.82) is 5.26 Å². The van der Waals surface area contributed by atoms with E-state index in [1.807, 2.05) is 0 Å². The number of rotatable bonds is 8. The number of nitriles is 1. The average molecular weight is 554 g/mol. The predicted octanol–water partition coefficient (Wildman–Crippen LogP) is 10.4. The van der Waals surface area contributed by atoms with Crippen molar-refractivity contribution in [3.05, 3.63) is 69.3 Å². The van der Waals surface area contributed by atoms with Crippen LogP contribution in [0.15, 0.2) is 18.2 Å². The molecule has 40 heavy (non-hydrogen) atoms. The maximum absolute atomic E-state index is 15.8. The fraction of sp³-hybridized carbons (Fsp3) is 0.629. The standard InChI is InChI=1S/C35H43F4N/c1-2-3-4-22-5-7-23(8-6-22)9-10-24-11-16-29-28(17-24)20-33(38)34(35(29)39)26-14-12-25(13-15-26)27-18-31(36)30(21-40)32(37)19-27/h18-20,22-26H,2-17H2,1H3. The van der Waals surface area contributed by atoms with Gasteiger partial charge in [-0.2, -0.15) is 5.26 Å². The Balaban J connectivity index is 1.17. The maximum atomic E-state index is 15.8. The van der Waals surface area contributed by atoms with Gasteiger partial charge in [0.05, 0.1) is 0 Å². The van der Waals surface area contributed by atoms with Crippen LogP contribution in [0.4, 0.5) is 17.6 Å². The number of unbranched alkanes of at least 4 members (excludes halogenated alkanes) is 1. The third-order valence-corrected chi connectivity index (χ3v) is 10.5. The highest BCUT2D eigenvalue weighted by molar-refractivity contribution is 5.40. The molecule has 1 atom stereocenters. The molecule has 2 aromatic rings. The van der Waals surface area contributed by atoms with Crippen molar-refractivity contribution < 1.29 is 17.6 Å². The Morgan fingerprint density at radius 2 is 1.32 bits per heavy atom. The van der Waals surface area contributed by atoms with Crippen molar-refractivity contribution in [2.75, 3.05) is 0 Å². The summed E-state index contributed by atoms with van der Waals surface area (Å²) in [5.74, 6) is -0.516. The van der Waals surface area contributed by atoms with Crippen LogP contribution in [0, 0.1) is 52.4 Å². The fourth-order valence-corrected chi connectivity index (χ4v) is 7.98. The van der Waals surface area contributed by atoms with Crippen LogP contribution in [0.1, 0.15) is 136 Å². The predicted molar refractivity (Wildman–Crippen MR) is 151 cm³/mol. The molecule has 3 aliphatic carbocycles. The van der Waals surface area contributed by atoms with Gasteiger partial charge in [0.2, 0.25) is 0 Å². The van der Waals surface area contributed by atoms with Crippen LogP contribution in [0.2, 0.25) is 0 Å². The molecule has 0 aromatic heterocycles. The van der Waals surface area contributed by atoms with Gasteiger partial charge in [-0.15, -0.1) is 0 Å². The zero-order chi connectivity index (χ0) is 28.2. The van der Waals surface area contributed by atoms with E-state index in [0.717, 1.165) is 36.7 Å². The van der Waals surface area contributed by atoms with Crippen molar-refractivity contribution in [2.24, 2.45) is 17.8 Å². The second-order valence-corrected chi connectivity index (χ2v) is 13.0. The molecule has 0 saturated heterocycles. The molecule has 0 spiro atoms. The number of fused-ring (bicyclic) bond motifs is 1. The van der Waals surface area contributed by atoms with Gasteiger partial charge >= 0.3 is 0 Å². The van der Waals surface area contributed by atoms with Crippen LogP contribution in [0.3, 0.4) is 0 Å². The highest BCUT2D eigenvalue weighted by atomic mass is 19.1. The molecule has 1 nitrogen and oxygen atoms in total. The number of halogens is 4. The third-order valence-electron chi connectivity index (χ3n) is 10.5. The molecule has 216 valence electrons. The van der Waals surface area contributed by atoms with Crippen molar-refractivity contribution in [3.8, 4) is 6.07 Å².